The number of aromatic nitrogens is 1. The summed E-state index contributed by atoms with van der Waals surface area (Å²) in [6, 6.07) is 11.7. The van der Waals surface area contributed by atoms with Gasteiger partial charge in [0.25, 0.3) is 0 Å². The summed E-state index contributed by atoms with van der Waals surface area (Å²) in [6.45, 7) is 12.1. The molecule has 0 radical (unpaired) electrons. The summed E-state index contributed by atoms with van der Waals surface area (Å²) < 4.78 is 0. The lowest BCUT2D eigenvalue weighted by Crippen LogP contribution is -2.44. The molecule has 0 bridgehead atoms. The van der Waals surface area contributed by atoms with Crippen molar-refractivity contribution in [3.8, 4) is 0 Å². The number of nitrogens with one attached hydrogen (secondary N) is 2. The molecule has 7 heteroatoms. The fourth-order valence-electron chi connectivity index (χ4n) is 3.63. The van der Waals surface area contributed by atoms with Gasteiger partial charge in [0.2, 0.25) is 0 Å². The highest BCUT2D eigenvalue weighted by molar-refractivity contribution is 14.0. The van der Waals surface area contributed by atoms with Gasteiger partial charge < -0.3 is 10.6 Å². The van der Waals surface area contributed by atoms with Crippen LogP contribution in [0.15, 0.2) is 35.3 Å². The van der Waals surface area contributed by atoms with Crippen LogP contribution in [0.3, 0.4) is 0 Å². The smallest absolute Gasteiger partial charge is 0.191 e. The largest absolute Gasteiger partial charge is 0.357 e. The highest BCUT2D eigenvalue weighted by Gasteiger charge is 2.29. The second kappa shape index (κ2) is 11.1. The van der Waals surface area contributed by atoms with Gasteiger partial charge in [0.05, 0.1) is 17.2 Å². The Labute approximate surface area is 190 Å². The van der Waals surface area contributed by atoms with Crippen LogP contribution in [0, 0.1) is 13.8 Å². The normalized spacial score (nSPS) is 20.1. The van der Waals surface area contributed by atoms with Crippen molar-refractivity contribution in [2.24, 2.45) is 4.99 Å². The summed E-state index contributed by atoms with van der Waals surface area (Å²) in [7, 11) is 0. The van der Waals surface area contributed by atoms with Crippen LogP contribution in [-0.2, 0) is 13.1 Å². The summed E-state index contributed by atoms with van der Waals surface area (Å²) in [5, 5.41) is 8.14. The molecule has 1 aliphatic rings. The molecule has 1 fully saturated rings. The fourth-order valence-corrected chi connectivity index (χ4v) is 4.49. The maximum Gasteiger partial charge on any atom is 0.191 e. The molecular weight excluding hydrogens is 481 g/mol. The molecule has 3 rings (SSSR count). The quantitative estimate of drug-likeness (QED) is 0.347. The minimum absolute atomic E-state index is 0. The van der Waals surface area contributed by atoms with Crippen LogP contribution in [0.4, 0.5) is 0 Å². The third kappa shape index (κ3) is 6.42. The average molecular weight is 513 g/mol. The Bertz CT molecular complexity index is 761. The Morgan fingerprint density at radius 3 is 2.68 bits per heavy atom. The minimum atomic E-state index is 0. The number of thiazole rings is 1. The van der Waals surface area contributed by atoms with E-state index in [-0.39, 0.29) is 24.0 Å². The van der Waals surface area contributed by atoms with Crippen molar-refractivity contribution in [1.82, 2.24) is 20.5 Å². The number of likely N-dealkylation sites (tertiary alicyclic amines) is 1. The van der Waals surface area contributed by atoms with E-state index in [1.165, 1.54) is 10.4 Å². The molecule has 2 aromatic rings. The van der Waals surface area contributed by atoms with E-state index >= 15 is 0 Å². The third-order valence-electron chi connectivity index (χ3n) is 5.00. The van der Waals surface area contributed by atoms with Gasteiger partial charge in [-0.05, 0) is 39.7 Å². The van der Waals surface area contributed by atoms with Gasteiger partial charge in [0.1, 0.15) is 0 Å². The molecule has 2 N–H and O–H groups in total. The third-order valence-corrected chi connectivity index (χ3v) is 6.06. The molecule has 1 aromatic carbocycles. The van der Waals surface area contributed by atoms with Gasteiger partial charge in [0.15, 0.2) is 5.96 Å². The summed E-state index contributed by atoms with van der Waals surface area (Å²) in [6.07, 6.45) is 1.13. The molecule has 0 saturated carbocycles. The van der Waals surface area contributed by atoms with Crippen molar-refractivity contribution >= 4 is 41.3 Å². The number of hydrogen-bond donors (Lipinski definition) is 2. The zero-order valence-electron chi connectivity index (χ0n) is 17.2. The molecule has 2 unspecified atom stereocenters. The molecule has 1 aliphatic heterocycles. The molecule has 1 saturated heterocycles. The van der Waals surface area contributed by atoms with Gasteiger partial charge in [-0.1, -0.05) is 30.3 Å². The van der Waals surface area contributed by atoms with Crippen LogP contribution in [0.1, 0.15) is 41.4 Å². The topological polar surface area (TPSA) is 52.6 Å². The van der Waals surface area contributed by atoms with Gasteiger partial charge in [-0.15, -0.1) is 35.3 Å². The number of benzene rings is 1. The van der Waals surface area contributed by atoms with Crippen molar-refractivity contribution in [1.29, 1.82) is 0 Å². The van der Waals surface area contributed by atoms with Gasteiger partial charge in [-0.3, -0.25) is 4.90 Å². The Hall–Kier alpha value is -1.19. The molecule has 2 heterocycles. The van der Waals surface area contributed by atoms with E-state index in [9.17, 15) is 0 Å². The van der Waals surface area contributed by atoms with E-state index in [2.05, 4.69) is 78.5 Å². The number of aliphatic imine (C=N–C) groups is 1. The van der Waals surface area contributed by atoms with Crippen LogP contribution in [0.25, 0.3) is 0 Å². The van der Waals surface area contributed by atoms with Gasteiger partial charge >= 0.3 is 0 Å². The van der Waals surface area contributed by atoms with Crippen molar-refractivity contribution < 1.29 is 0 Å². The van der Waals surface area contributed by atoms with Crippen LogP contribution in [-0.4, -0.2) is 41.0 Å². The molecule has 154 valence electrons. The first-order valence-corrected chi connectivity index (χ1v) is 10.6. The van der Waals surface area contributed by atoms with E-state index in [0.717, 1.165) is 42.7 Å². The zero-order valence-corrected chi connectivity index (χ0v) is 20.4. The van der Waals surface area contributed by atoms with E-state index < -0.39 is 0 Å². The maximum absolute atomic E-state index is 4.80. The van der Waals surface area contributed by atoms with E-state index in [0.29, 0.717) is 18.6 Å². The van der Waals surface area contributed by atoms with Crippen molar-refractivity contribution in [3.63, 3.8) is 0 Å². The fraction of sp³-hybridized carbons (Fsp3) is 0.524. The highest BCUT2D eigenvalue weighted by Crippen LogP contribution is 2.21. The van der Waals surface area contributed by atoms with Gasteiger partial charge in [-0.2, -0.15) is 0 Å². The Kier molecular flexibility index (Phi) is 9.17. The summed E-state index contributed by atoms with van der Waals surface area (Å²) in [5.74, 6) is 0.904. The van der Waals surface area contributed by atoms with Crippen LogP contribution in [0.5, 0.6) is 0 Å². The lowest BCUT2D eigenvalue weighted by atomic mass is 10.2. The monoisotopic (exact) mass is 513 g/mol. The molecule has 0 amide bonds. The second-order valence-corrected chi connectivity index (χ2v) is 8.57. The van der Waals surface area contributed by atoms with E-state index in [1.54, 1.807) is 11.3 Å². The maximum atomic E-state index is 4.80. The first kappa shape index (κ1) is 23.1. The SMILES string of the molecule is CCNC(=NCc1sc(C)nc1C)NC1CC(C)N(Cc2ccccc2)C1.I. The molecule has 2 atom stereocenters. The van der Waals surface area contributed by atoms with Crippen molar-refractivity contribution in [2.75, 3.05) is 13.1 Å². The second-order valence-electron chi connectivity index (χ2n) is 7.28. The van der Waals surface area contributed by atoms with Crippen LogP contribution in [0.2, 0.25) is 0 Å². The van der Waals surface area contributed by atoms with E-state index in [4.69, 9.17) is 4.99 Å². The first-order valence-electron chi connectivity index (χ1n) is 9.81. The highest BCUT2D eigenvalue weighted by atomic mass is 127. The molecule has 5 nitrogen and oxygen atoms in total. The van der Waals surface area contributed by atoms with Crippen LogP contribution >= 0.6 is 35.3 Å². The Balaban J connectivity index is 0.00000280. The predicted octanol–water partition coefficient (Wildman–Crippen LogP) is 4.10. The van der Waals surface area contributed by atoms with Gasteiger partial charge in [0, 0.05) is 36.6 Å². The number of halogens is 1. The average Bonchev–Trinajstić information content (AvgIpc) is 3.15. The summed E-state index contributed by atoms with van der Waals surface area (Å²) in [5.41, 5.74) is 2.47. The molecule has 1 aromatic heterocycles. The van der Waals surface area contributed by atoms with Crippen molar-refractivity contribution in [3.05, 3.63) is 51.5 Å². The lowest BCUT2D eigenvalue weighted by molar-refractivity contribution is 0.258. The van der Waals surface area contributed by atoms with Crippen molar-refractivity contribution in [2.45, 2.75) is 59.3 Å². The summed E-state index contributed by atoms with van der Waals surface area (Å²) in [4.78, 5) is 13.1. The number of guanidine groups is 1. The number of hydrogen-bond acceptors (Lipinski definition) is 4. The Morgan fingerprint density at radius 1 is 1.29 bits per heavy atom. The number of rotatable bonds is 6. The Morgan fingerprint density at radius 2 is 2.04 bits per heavy atom. The molecule has 0 spiro atoms. The van der Waals surface area contributed by atoms with E-state index in [1.807, 2.05) is 0 Å². The standard InChI is InChI=1S/C21H31N5S.HI/c1-5-22-21(23-12-20-16(3)24-17(4)27-20)25-19-11-15(2)26(14-19)13-18-9-7-6-8-10-18;/h6-10,15,19H,5,11-14H2,1-4H3,(H2,22,23,25);1H. The molecule has 0 aliphatic carbocycles. The summed E-state index contributed by atoms with van der Waals surface area (Å²) >= 11 is 1.74. The molecule has 28 heavy (non-hydrogen) atoms. The first-order chi connectivity index (χ1) is 13.0. The predicted molar refractivity (Wildman–Crippen MR) is 130 cm³/mol. The number of aryl methyl sites for hydroxylation is 2. The minimum Gasteiger partial charge on any atom is -0.357 e. The molecular formula is C21H32IN5S. The lowest BCUT2D eigenvalue weighted by Gasteiger charge is -2.21. The number of nitrogens with zero attached hydrogens (tertiary/aromatic N) is 3. The zero-order chi connectivity index (χ0) is 19.2. The van der Waals surface area contributed by atoms with Crippen LogP contribution < -0.4 is 10.6 Å². The van der Waals surface area contributed by atoms with Gasteiger partial charge in [-0.25, -0.2) is 9.98 Å².